The van der Waals surface area contributed by atoms with E-state index in [1.807, 2.05) is 60.7 Å². The van der Waals surface area contributed by atoms with Gasteiger partial charge >= 0.3 is 0 Å². The molecule has 0 aliphatic heterocycles. The molecule has 2 nitrogen and oxygen atoms in total. The number of rotatable bonds is 4. The van der Waals surface area contributed by atoms with E-state index in [1.165, 1.54) is 0 Å². The first-order valence-electron chi connectivity index (χ1n) is 8.06. The first-order chi connectivity index (χ1) is 12.9. The van der Waals surface area contributed by atoms with E-state index in [0.29, 0.717) is 11.5 Å². The lowest BCUT2D eigenvalue weighted by atomic mass is 10.1. The number of aromatic nitrogens is 2. The average Bonchev–Trinajstić information content (AvgIpc) is 2.71. The van der Waals surface area contributed by atoms with Gasteiger partial charge in [-0.3, -0.25) is 0 Å². The summed E-state index contributed by atoms with van der Waals surface area (Å²) in [4.78, 5) is 8.56. The van der Waals surface area contributed by atoms with Gasteiger partial charge in [0, 0.05) is 23.5 Å². The smallest absolute Gasteiger partial charge is 0.0969 e. The van der Waals surface area contributed by atoms with Crippen LogP contribution >= 0.6 is 23.5 Å². The molecule has 0 fully saturated rings. The third kappa shape index (κ3) is 6.01. The van der Waals surface area contributed by atoms with Crippen molar-refractivity contribution in [2.75, 3.05) is 11.5 Å². The fourth-order valence-electron chi connectivity index (χ4n) is 2.05. The van der Waals surface area contributed by atoms with E-state index in [9.17, 15) is 0 Å². The quantitative estimate of drug-likeness (QED) is 0.487. The molecular weight excluding hydrogens is 356 g/mol. The van der Waals surface area contributed by atoms with Crippen molar-refractivity contribution in [3.8, 4) is 23.7 Å². The van der Waals surface area contributed by atoms with Crippen molar-refractivity contribution >= 4 is 23.5 Å². The van der Waals surface area contributed by atoms with Gasteiger partial charge in [0.2, 0.25) is 0 Å². The SMILES string of the molecule is C(#Cc1ccccc1C#CCSc1ccccn1)CSc1ccccn1. The average molecular weight is 373 g/mol. The van der Waals surface area contributed by atoms with Crippen molar-refractivity contribution in [3.05, 3.63) is 84.2 Å². The largest absolute Gasteiger partial charge is 0.250 e. The van der Waals surface area contributed by atoms with E-state index >= 15 is 0 Å². The van der Waals surface area contributed by atoms with Gasteiger partial charge in [-0.1, -0.05) is 71.5 Å². The van der Waals surface area contributed by atoms with Crippen LogP contribution in [0.3, 0.4) is 0 Å². The maximum absolute atomic E-state index is 4.28. The number of hydrogen-bond donors (Lipinski definition) is 0. The van der Waals surface area contributed by atoms with Gasteiger partial charge < -0.3 is 0 Å². The summed E-state index contributed by atoms with van der Waals surface area (Å²) in [6.45, 7) is 0. The minimum absolute atomic E-state index is 0.703. The predicted octanol–water partition coefficient (Wildman–Crippen LogP) is 4.76. The Bertz CT molecular complexity index is 869. The molecule has 0 saturated heterocycles. The first-order valence-corrected chi connectivity index (χ1v) is 10.0. The Morgan fingerprint density at radius 1 is 0.615 bits per heavy atom. The van der Waals surface area contributed by atoms with Crippen molar-refractivity contribution in [1.82, 2.24) is 9.97 Å². The van der Waals surface area contributed by atoms with Crippen molar-refractivity contribution in [2.45, 2.75) is 10.1 Å². The van der Waals surface area contributed by atoms with E-state index in [4.69, 9.17) is 0 Å². The first kappa shape index (κ1) is 18.1. The van der Waals surface area contributed by atoms with E-state index in [-0.39, 0.29) is 0 Å². The molecule has 3 aromatic rings. The summed E-state index contributed by atoms with van der Waals surface area (Å²) in [5.41, 5.74) is 1.92. The number of thioether (sulfide) groups is 2. The normalized spacial score (nSPS) is 9.54. The molecule has 2 aromatic heterocycles. The summed E-state index contributed by atoms with van der Waals surface area (Å²) in [7, 11) is 0. The maximum atomic E-state index is 4.28. The third-order valence-corrected chi connectivity index (χ3v) is 4.88. The molecule has 1 aromatic carbocycles. The molecule has 26 heavy (non-hydrogen) atoms. The second-order valence-electron chi connectivity index (χ2n) is 5.06. The molecule has 0 unspecified atom stereocenters. The highest BCUT2D eigenvalue weighted by Gasteiger charge is 1.96. The summed E-state index contributed by atoms with van der Waals surface area (Å²) in [6.07, 6.45) is 3.59. The molecule has 0 aliphatic carbocycles. The zero-order valence-corrected chi connectivity index (χ0v) is 15.7. The summed E-state index contributed by atoms with van der Waals surface area (Å²) in [5, 5.41) is 1.97. The van der Waals surface area contributed by atoms with E-state index < -0.39 is 0 Å². The van der Waals surface area contributed by atoms with Crippen molar-refractivity contribution < 1.29 is 0 Å². The van der Waals surface area contributed by atoms with Crippen LogP contribution in [-0.4, -0.2) is 21.5 Å². The molecule has 2 heterocycles. The van der Waals surface area contributed by atoms with Crippen LogP contribution in [-0.2, 0) is 0 Å². The number of hydrogen-bond acceptors (Lipinski definition) is 4. The Morgan fingerprint density at radius 2 is 1.08 bits per heavy atom. The fourth-order valence-corrected chi connectivity index (χ4v) is 3.25. The van der Waals surface area contributed by atoms with Crippen LogP contribution in [0.25, 0.3) is 0 Å². The summed E-state index contributed by atoms with van der Waals surface area (Å²) in [6, 6.07) is 19.8. The monoisotopic (exact) mass is 372 g/mol. The Labute approximate surface area is 162 Å². The van der Waals surface area contributed by atoms with Crippen LogP contribution in [0.15, 0.2) is 83.1 Å². The molecule has 3 rings (SSSR count). The predicted molar refractivity (Wildman–Crippen MR) is 110 cm³/mol. The van der Waals surface area contributed by atoms with Crippen LogP contribution in [0.1, 0.15) is 11.1 Å². The highest BCUT2D eigenvalue weighted by Crippen LogP contribution is 2.14. The van der Waals surface area contributed by atoms with Gasteiger partial charge in [-0.15, -0.1) is 0 Å². The van der Waals surface area contributed by atoms with Crippen LogP contribution in [0.2, 0.25) is 0 Å². The van der Waals surface area contributed by atoms with Gasteiger partial charge in [0.05, 0.1) is 21.6 Å². The van der Waals surface area contributed by atoms with Crippen LogP contribution in [0.5, 0.6) is 0 Å². The third-order valence-electron chi connectivity index (χ3n) is 3.23. The Morgan fingerprint density at radius 3 is 1.50 bits per heavy atom. The summed E-state index contributed by atoms with van der Waals surface area (Å²) >= 11 is 3.27. The molecule has 0 spiro atoms. The van der Waals surface area contributed by atoms with Crippen molar-refractivity contribution in [1.29, 1.82) is 0 Å². The van der Waals surface area contributed by atoms with E-state index in [2.05, 4.69) is 33.6 Å². The molecule has 126 valence electrons. The van der Waals surface area contributed by atoms with Crippen molar-refractivity contribution in [3.63, 3.8) is 0 Å². The van der Waals surface area contributed by atoms with Crippen molar-refractivity contribution in [2.24, 2.45) is 0 Å². The minimum Gasteiger partial charge on any atom is -0.250 e. The molecule has 0 N–H and O–H groups in total. The molecule has 4 heteroatoms. The Hall–Kier alpha value is -2.66. The molecule has 0 aliphatic rings. The van der Waals surface area contributed by atoms with E-state index in [0.717, 1.165) is 21.2 Å². The molecule has 0 bridgehead atoms. The Kier molecular flexibility index (Phi) is 7.23. The van der Waals surface area contributed by atoms with Crippen LogP contribution in [0.4, 0.5) is 0 Å². The zero-order valence-electron chi connectivity index (χ0n) is 14.1. The van der Waals surface area contributed by atoms with Gasteiger partial charge in [0.1, 0.15) is 0 Å². The standard InChI is InChI=1S/C22H16N2S2/c1-2-10-20(12-8-18-26-22-14-4-6-16-24-22)19(9-1)11-7-17-25-21-13-3-5-15-23-21/h1-6,9-10,13-16H,17-18H2. The van der Waals surface area contributed by atoms with Gasteiger partial charge in [0.15, 0.2) is 0 Å². The van der Waals surface area contributed by atoms with Gasteiger partial charge in [-0.25, -0.2) is 9.97 Å². The lowest BCUT2D eigenvalue weighted by Crippen LogP contribution is -1.84. The number of pyridine rings is 2. The topological polar surface area (TPSA) is 25.8 Å². The Balaban J connectivity index is 1.58. The van der Waals surface area contributed by atoms with Crippen LogP contribution in [0, 0.1) is 23.7 Å². The lowest BCUT2D eigenvalue weighted by Gasteiger charge is -1.96. The summed E-state index contributed by atoms with van der Waals surface area (Å²) in [5.74, 6) is 14.2. The zero-order chi connectivity index (χ0) is 17.9. The second kappa shape index (κ2) is 10.4. The number of benzene rings is 1. The highest BCUT2D eigenvalue weighted by atomic mass is 32.2. The molecule has 0 saturated carbocycles. The van der Waals surface area contributed by atoms with Crippen LogP contribution < -0.4 is 0 Å². The van der Waals surface area contributed by atoms with Gasteiger partial charge in [-0.2, -0.15) is 0 Å². The minimum atomic E-state index is 0.703. The maximum Gasteiger partial charge on any atom is 0.0969 e. The second-order valence-corrected chi connectivity index (χ2v) is 7.05. The summed E-state index contributed by atoms with van der Waals surface area (Å²) < 4.78 is 0. The van der Waals surface area contributed by atoms with Gasteiger partial charge in [-0.05, 0) is 36.4 Å². The molecule has 0 radical (unpaired) electrons. The molecule has 0 atom stereocenters. The molecule has 0 amide bonds. The van der Waals surface area contributed by atoms with E-state index in [1.54, 1.807) is 35.9 Å². The van der Waals surface area contributed by atoms with Gasteiger partial charge in [0.25, 0.3) is 0 Å². The highest BCUT2D eigenvalue weighted by molar-refractivity contribution is 7.99. The lowest BCUT2D eigenvalue weighted by molar-refractivity contribution is 1.14. The fraction of sp³-hybridized carbons (Fsp3) is 0.0909. The molecular formula is C22H16N2S2. The number of nitrogens with zero attached hydrogens (tertiary/aromatic N) is 2.